The lowest BCUT2D eigenvalue weighted by Gasteiger charge is -2.43. The summed E-state index contributed by atoms with van der Waals surface area (Å²) >= 11 is 4.36. The highest BCUT2D eigenvalue weighted by molar-refractivity contribution is 7.80. The number of aryl methyl sites for hydroxylation is 3. The summed E-state index contributed by atoms with van der Waals surface area (Å²) < 4.78 is 5.38. The molecule has 0 radical (unpaired) electrons. The number of benzene rings is 2. The van der Waals surface area contributed by atoms with E-state index in [4.69, 9.17) is 4.74 Å². The van der Waals surface area contributed by atoms with Gasteiger partial charge in [0.2, 0.25) is 5.91 Å². The average Bonchev–Trinajstić information content (AvgIpc) is 2.78. The third-order valence-corrected chi connectivity index (χ3v) is 7.04. The van der Waals surface area contributed by atoms with Gasteiger partial charge < -0.3 is 20.3 Å². The lowest BCUT2D eigenvalue weighted by molar-refractivity contribution is -0.145. The monoisotopic (exact) mass is 525 g/mol. The van der Waals surface area contributed by atoms with Gasteiger partial charge in [-0.1, -0.05) is 36.4 Å². The van der Waals surface area contributed by atoms with Crippen LogP contribution in [0.15, 0.2) is 42.5 Å². The Balaban J connectivity index is 2.01. The first-order valence-electron chi connectivity index (χ1n) is 12.8. The van der Waals surface area contributed by atoms with Crippen molar-refractivity contribution >= 4 is 36.2 Å². The number of para-hydroxylation sites is 1. The molecule has 1 fully saturated rings. The van der Waals surface area contributed by atoms with E-state index in [0.717, 1.165) is 41.5 Å². The van der Waals surface area contributed by atoms with Crippen molar-refractivity contribution in [2.75, 3.05) is 11.1 Å². The van der Waals surface area contributed by atoms with Gasteiger partial charge in [-0.05, 0) is 89.1 Å². The third-order valence-electron chi connectivity index (χ3n) is 6.67. The summed E-state index contributed by atoms with van der Waals surface area (Å²) in [6.07, 6.45) is 1.85. The van der Waals surface area contributed by atoms with Crippen molar-refractivity contribution in [2.45, 2.75) is 84.5 Å². The summed E-state index contributed by atoms with van der Waals surface area (Å²) in [6, 6.07) is 11.5. The second-order valence-electron chi connectivity index (χ2n) is 10.8. The maximum absolute atomic E-state index is 14.0. The highest BCUT2D eigenvalue weighted by atomic mass is 32.1. The second kappa shape index (κ2) is 12.0. The first-order valence-corrected chi connectivity index (χ1v) is 13.4. The Morgan fingerprint density at radius 3 is 2.24 bits per heavy atom. The van der Waals surface area contributed by atoms with Crippen LogP contribution in [0.25, 0.3) is 0 Å². The molecule has 0 spiro atoms. The number of thiol groups is 1. The van der Waals surface area contributed by atoms with E-state index < -0.39 is 23.8 Å². The van der Waals surface area contributed by atoms with E-state index in [1.165, 1.54) is 0 Å². The molecular weight excluding hydrogens is 486 g/mol. The second-order valence-corrected chi connectivity index (χ2v) is 11.1. The van der Waals surface area contributed by atoms with Gasteiger partial charge in [0.15, 0.2) is 0 Å². The topological polar surface area (TPSA) is 87.7 Å². The molecule has 1 saturated carbocycles. The van der Waals surface area contributed by atoms with Crippen molar-refractivity contribution < 1.29 is 19.1 Å². The van der Waals surface area contributed by atoms with Crippen molar-refractivity contribution in [3.05, 3.63) is 64.7 Å². The normalized spacial score (nSPS) is 15.2. The molecular formula is C29H39N3O4S. The van der Waals surface area contributed by atoms with Gasteiger partial charge in [-0.15, -0.1) is 0 Å². The molecule has 1 aliphatic rings. The van der Waals surface area contributed by atoms with Crippen LogP contribution in [0.4, 0.5) is 10.5 Å². The fourth-order valence-corrected chi connectivity index (χ4v) is 4.53. The largest absolute Gasteiger partial charge is 0.444 e. The Labute approximate surface area is 225 Å². The molecule has 8 heteroatoms. The molecule has 3 amide bonds. The molecule has 37 heavy (non-hydrogen) atoms. The molecule has 0 heterocycles. The molecule has 0 saturated heterocycles. The maximum Gasteiger partial charge on any atom is 0.408 e. The molecule has 0 aromatic heterocycles. The number of nitrogens with one attached hydrogen (secondary N) is 2. The van der Waals surface area contributed by atoms with Crippen LogP contribution < -0.4 is 10.6 Å². The van der Waals surface area contributed by atoms with Crippen LogP contribution in [-0.2, 0) is 14.3 Å². The molecule has 0 aliphatic heterocycles. The molecule has 200 valence electrons. The molecule has 2 aromatic carbocycles. The smallest absolute Gasteiger partial charge is 0.408 e. The molecule has 2 N–H and O–H groups in total. The van der Waals surface area contributed by atoms with E-state index in [0.29, 0.717) is 5.69 Å². The molecule has 3 rings (SSSR count). The van der Waals surface area contributed by atoms with Gasteiger partial charge in [-0.2, -0.15) is 12.6 Å². The molecule has 0 bridgehead atoms. The van der Waals surface area contributed by atoms with E-state index in [1.807, 2.05) is 63.2 Å². The van der Waals surface area contributed by atoms with Gasteiger partial charge in [0.05, 0.1) is 0 Å². The summed E-state index contributed by atoms with van der Waals surface area (Å²) in [5.74, 6) is -0.581. The van der Waals surface area contributed by atoms with E-state index in [1.54, 1.807) is 25.7 Å². The van der Waals surface area contributed by atoms with Crippen LogP contribution in [0, 0.1) is 20.8 Å². The van der Waals surface area contributed by atoms with Crippen molar-refractivity contribution in [1.29, 1.82) is 0 Å². The third kappa shape index (κ3) is 7.28. The lowest BCUT2D eigenvalue weighted by Crippen LogP contribution is -2.57. The van der Waals surface area contributed by atoms with Crippen molar-refractivity contribution in [2.24, 2.45) is 0 Å². The van der Waals surface area contributed by atoms with E-state index in [9.17, 15) is 14.4 Å². The van der Waals surface area contributed by atoms with Crippen LogP contribution >= 0.6 is 12.6 Å². The van der Waals surface area contributed by atoms with Crippen LogP contribution in [0.2, 0.25) is 0 Å². The van der Waals surface area contributed by atoms with E-state index >= 15 is 0 Å². The zero-order chi connectivity index (χ0) is 27.3. The van der Waals surface area contributed by atoms with Gasteiger partial charge >= 0.3 is 6.09 Å². The molecule has 2 atom stereocenters. The first-order chi connectivity index (χ1) is 17.4. The number of amides is 3. The van der Waals surface area contributed by atoms with Crippen LogP contribution in [0.1, 0.15) is 68.3 Å². The quantitative estimate of drug-likeness (QED) is 0.398. The number of hydrogen-bond donors (Lipinski definition) is 3. The van der Waals surface area contributed by atoms with Crippen LogP contribution in [-0.4, -0.2) is 46.2 Å². The number of anilines is 1. The fourth-order valence-electron chi connectivity index (χ4n) is 4.29. The molecule has 2 aromatic rings. The molecule has 1 aliphatic carbocycles. The predicted octanol–water partition coefficient (Wildman–Crippen LogP) is 5.50. The van der Waals surface area contributed by atoms with Crippen molar-refractivity contribution in [3.63, 3.8) is 0 Å². The SMILES string of the molecule is Cc1ccc(C(C(=O)Nc2ccccc2C)N(C(=O)C(CS)NC(=O)OC(C)(C)C)C2CCC2)cc1C. The van der Waals surface area contributed by atoms with Crippen LogP contribution in [0.5, 0.6) is 0 Å². The van der Waals surface area contributed by atoms with Gasteiger partial charge in [-0.3, -0.25) is 9.59 Å². The summed E-state index contributed by atoms with van der Waals surface area (Å²) in [5.41, 5.74) is 3.77. The van der Waals surface area contributed by atoms with Gasteiger partial charge in [0.25, 0.3) is 5.91 Å². The zero-order valence-corrected chi connectivity index (χ0v) is 23.5. The highest BCUT2D eigenvalue weighted by Crippen LogP contribution is 2.35. The lowest BCUT2D eigenvalue weighted by atomic mass is 9.87. The van der Waals surface area contributed by atoms with Crippen molar-refractivity contribution in [3.8, 4) is 0 Å². The Morgan fingerprint density at radius 1 is 1.03 bits per heavy atom. The van der Waals surface area contributed by atoms with Gasteiger partial charge in [-0.25, -0.2) is 4.79 Å². The summed E-state index contributed by atoms with van der Waals surface area (Å²) in [7, 11) is 0. The minimum absolute atomic E-state index is 0.0698. The number of alkyl carbamates (subject to hydrolysis) is 1. The van der Waals surface area contributed by atoms with E-state index in [2.05, 4.69) is 23.3 Å². The van der Waals surface area contributed by atoms with Gasteiger partial charge in [0, 0.05) is 17.5 Å². The Bertz CT molecular complexity index is 1140. The summed E-state index contributed by atoms with van der Waals surface area (Å²) in [4.78, 5) is 42.1. The standard InChI is InChI=1S/C29H39N3O4S/c1-18-14-15-21(16-20(18)3)25(26(33)30-23-13-8-7-10-19(23)2)32(22-11-9-12-22)27(34)24(17-37)31-28(35)36-29(4,5)6/h7-8,10,13-16,22,24-25,37H,9,11-12,17H2,1-6H3,(H,30,33)(H,31,35). The zero-order valence-electron chi connectivity index (χ0n) is 22.6. The van der Waals surface area contributed by atoms with Gasteiger partial charge in [0.1, 0.15) is 17.7 Å². The number of rotatable bonds is 8. The Kier molecular flexibility index (Phi) is 9.29. The molecule has 2 unspecified atom stereocenters. The minimum atomic E-state index is -0.945. The number of hydrogen-bond acceptors (Lipinski definition) is 5. The first kappa shape index (κ1) is 28.6. The summed E-state index contributed by atoms with van der Waals surface area (Å²) in [6.45, 7) is 11.2. The molecule has 7 nitrogen and oxygen atoms in total. The Hall–Kier alpha value is -3.00. The van der Waals surface area contributed by atoms with E-state index in [-0.39, 0.29) is 23.6 Å². The number of nitrogens with zero attached hydrogens (tertiary/aromatic N) is 1. The minimum Gasteiger partial charge on any atom is -0.444 e. The summed E-state index contributed by atoms with van der Waals surface area (Å²) in [5, 5.41) is 5.72. The van der Waals surface area contributed by atoms with Crippen LogP contribution in [0.3, 0.4) is 0 Å². The van der Waals surface area contributed by atoms with Crippen molar-refractivity contribution in [1.82, 2.24) is 10.2 Å². The Morgan fingerprint density at radius 2 is 1.70 bits per heavy atom. The predicted molar refractivity (Wildman–Crippen MR) is 150 cm³/mol. The fraction of sp³-hybridized carbons (Fsp3) is 0.483. The number of ether oxygens (including phenoxy) is 1. The maximum atomic E-state index is 14.0. The highest BCUT2D eigenvalue weighted by Gasteiger charge is 2.42. The number of carbonyl (C=O) groups excluding carboxylic acids is 3. The number of carbonyl (C=O) groups is 3. The average molecular weight is 526 g/mol.